The molecule has 16 heavy (non-hydrogen) atoms. The minimum absolute atomic E-state index is 0.221. The van der Waals surface area contributed by atoms with Crippen LogP contribution in [0, 0.1) is 13.8 Å². The van der Waals surface area contributed by atoms with Crippen LogP contribution >= 0.6 is 27.5 Å². The zero-order chi connectivity index (χ0) is 11.7. The van der Waals surface area contributed by atoms with E-state index in [4.69, 9.17) is 16.0 Å². The molecule has 1 aromatic heterocycles. The van der Waals surface area contributed by atoms with Crippen LogP contribution in [0.25, 0.3) is 0 Å². The first kappa shape index (κ1) is 11.7. The predicted octanol–water partition coefficient (Wildman–Crippen LogP) is 4.99. The van der Waals surface area contributed by atoms with Gasteiger partial charge in [-0.1, -0.05) is 22.0 Å². The number of halogens is 2. The molecule has 84 valence electrons. The average molecular weight is 300 g/mol. The minimum Gasteiger partial charge on any atom is -0.467 e. The SMILES string of the molecule is Cc1cc(C(Cl)c2ccco2)c(C)cc1Br. The number of furan rings is 1. The normalized spacial score (nSPS) is 12.8. The van der Waals surface area contributed by atoms with Crippen molar-refractivity contribution in [3.05, 3.63) is 57.5 Å². The Hall–Kier alpha value is -0.730. The van der Waals surface area contributed by atoms with Crippen LogP contribution in [-0.4, -0.2) is 0 Å². The highest BCUT2D eigenvalue weighted by atomic mass is 79.9. The molecular weight excluding hydrogens is 287 g/mol. The third kappa shape index (κ3) is 2.18. The van der Waals surface area contributed by atoms with Gasteiger partial charge in [-0.25, -0.2) is 0 Å². The van der Waals surface area contributed by atoms with E-state index >= 15 is 0 Å². The lowest BCUT2D eigenvalue weighted by atomic mass is 10.0. The zero-order valence-corrected chi connectivity index (χ0v) is 11.5. The van der Waals surface area contributed by atoms with E-state index < -0.39 is 0 Å². The van der Waals surface area contributed by atoms with Crippen LogP contribution < -0.4 is 0 Å². The topological polar surface area (TPSA) is 13.1 Å². The molecule has 1 unspecified atom stereocenters. The lowest BCUT2D eigenvalue weighted by Crippen LogP contribution is -1.96. The Balaban J connectivity index is 2.44. The largest absolute Gasteiger partial charge is 0.467 e. The van der Waals surface area contributed by atoms with Crippen molar-refractivity contribution in [1.29, 1.82) is 0 Å². The van der Waals surface area contributed by atoms with Crippen LogP contribution in [0.5, 0.6) is 0 Å². The molecule has 2 rings (SSSR count). The fourth-order valence-electron chi connectivity index (χ4n) is 1.67. The Labute approximate surface area is 109 Å². The molecule has 1 aromatic carbocycles. The molecule has 0 aliphatic rings. The molecule has 0 saturated carbocycles. The number of hydrogen-bond donors (Lipinski definition) is 0. The maximum atomic E-state index is 6.39. The molecule has 0 aliphatic heterocycles. The summed E-state index contributed by atoms with van der Waals surface area (Å²) in [5.41, 5.74) is 3.43. The molecule has 0 bridgehead atoms. The molecule has 0 spiro atoms. The lowest BCUT2D eigenvalue weighted by Gasteiger charge is -2.12. The molecule has 0 aliphatic carbocycles. The highest BCUT2D eigenvalue weighted by Crippen LogP contribution is 2.33. The van der Waals surface area contributed by atoms with E-state index in [0.29, 0.717) is 0 Å². The molecule has 3 heteroatoms. The molecule has 1 nitrogen and oxygen atoms in total. The fourth-order valence-corrected chi connectivity index (χ4v) is 2.48. The van der Waals surface area contributed by atoms with Crippen molar-refractivity contribution in [1.82, 2.24) is 0 Å². The summed E-state index contributed by atoms with van der Waals surface area (Å²) >= 11 is 9.91. The molecule has 0 fully saturated rings. The lowest BCUT2D eigenvalue weighted by molar-refractivity contribution is 0.516. The van der Waals surface area contributed by atoms with Crippen LogP contribution in [0.2, 0.25) is 0 Å². The Kier molecular flexibility index (Phi) is 3.41. The van der Waals surface area contributed by atoms with E-state index in [1.54, 1.807) is 6.26 Å². The first-order valence-electron chi connectivity index (χ1n) is 5.03. The summed E-state index contributed by atoms with van der Waals surface area (Å²) in [6.07, 6.45) is 1.64. The summed E-state index contributed by atoms with van der Waals surface area (Å²) in [5, 5.41) is -0.221. The van der Waals surface area contributed by atoms with E-state index in [9.17, 15) is 0 Å². The first-order chi connectivity index (χ1) is 7.59. The van der Waals surface area contributed by atoms with Gasteiger partial charge in [0.1, 0.15) is 11.1 Å². The zero-order valence-electron chi connectivity index (χ0n) is 9.13. The van der Waals surface area contributed by atoms with Gasteiger partial charge >= 0.3 is 0 Å². The van der Waals surface area contributed by atoms with E-state index in [1.807, 2.05) is 12.1 Å². The van der Waals surface area contributed by atoms with Crippen molar-refractivity contribution in [3.8, 4) is 0 Å². The van der Waals surface area contributed by atoms with Crippen LogP contribution in [0.4, 0.5) is 0 Å². The first-order valence-corrected chi connectivity index (χ1v) is 6.26. The molecule has 0 saturated heterocycles. The van der Waals surface area contributed by atoms with Gasteiger partial charge in [0.15, 0.2) is 0 Å². The second-order valence-electron chi connectivity index (χ2n) is 3.84. The van der Waals surface area contributed by atoms with Gasteiger partial charge in [0.2, 0.25) is 0 Å². The van der Waals surface area contributed by atoms with Gasteiger partial charge in [-0.15, -0.1) is 11.6 Å². The van der Waals surface area contributed by atoms with Crippen molar-refractivity contribution in [2.24, 2.45) is 0 Å². The summed E-state index contributed by atoms with van der Waals surface area (Å²) in [7, 11) is 0. The van der Waals surface area contributed by atoms with E-state index in [-0.39, 0.29) is 5.38 Å². The van der Waals surface area contributed by atoms with Crippen molar-refractivity contribution in [3.63, 3.8) is 0 Å². The van der Waals surface area contributed by atoms with Gasteiger partial charge in [-0.05, 0) is 48.7 Å². The Bertz CT molecular complexity index is 491. The Morgan fingerprint density at radius 1 is 1.25 bits per heavy atom. The molecule has 2 aromatic rings. The predicted molar refractivity (Wildman–Crippen MR) is 70.0 cm³/mol. The smallest absolute Gasteiger partial charge is 0.126 e. The number of alkyl halides is 1. The van der Waals surface area contributed by atoms with Gasteiger partial charge < -0.3 is 4.42 Å². The average Bonchev–Trinajstić information content (AvgIpc) is 2.75. The van der Waals surface area contributed by atoms with Crippen LogP contribution in [0.3, 0.4) is 0 Å². The molecule has 1 atom stereocenters. The van der Waals surface area contributed by atoms with Gasteiger partial charge in [0.05, 0.1) is 6.26 Å². The highest BCUT2D eigenvalue weighted by Gasteiger charge is 2.16. The van der Waals surface area contributed by atoms with Gasteiger partial charge in [-0.3, -0.25) is 0 Å². The summed E-state index contributed by atoms with van der Waals surface area (Å²) in [6, 6.07) is 7.93. The molecular formula is C13H12BrClO. The van der Waals surface area contributed by atoms with Gasteiger partial charge in [0, 0.05) is 4.47 Å². The van der Waals surface area contributed by atoms with Crippen molar-refractivity contribution >= 4 is 27.5 Å². The highest BCUT2D eigenvalue weighted by molar-refractivity contribution is 9.10. The van der Waals surface area contributed by atoms with Gasteiger partial charge in [-0.2, -0.15) is 0 Å². The summed E-state index contributed by atoms with van der Waals surface area (Å²) in [4.78, 5) is 0. The number of aryl methyl sites for hydroxylation is 2. The van der Waals surface area contributed by atoms with Crippen LogP contribution in [0.1, 0.15) is 27.8 Å². The second kappa shape index (κ2) is 4.64. The van der Waals surface area contributed by atoms with Gasteiger partial charge in [0.25, 0.3) is 0 Å². The molecule has 1 heterocycles. The fraction of sp³-hybridized carbons (Fsp3) is 0.231. The number of benzene rings is 1. The maximum absolute atomic E-state index is 6.39. The van der Waals surface area contributed by atoms with E-state index in [1.165, 1.54) is 5.56 Å². The summed E-state index contributed by atoms with van der Waals surface area (Å²) in [6.45, 7) is 4.11. The standard InChI is InChI=1S/C13H12BrClO/c1-8-7-11(14)9(2)6-10(8)13(15)12-4-3-5-16-12/h3-7,13H,1-2H3. The Morgan fingerprint density at radius 2 is 2.00 bits per heavy atom. The van der Waals surface area contributed by atoms with E-state index in [0.717, 1.165) is 21.4 Å². The molecule has 0 amide bonds. The molecule has 0 radical (unpaired) electrons. The quantitative estimate of drug-likeness (QED) is 0.712. The van der Waals surface area contributed by atoms with Crippen LogP contribution in [0.15, 0.2) is 39.4 Å². The Morgan fingerprint density at radius 3 is 2.62 bits per heavy atom. The monoisotopic (exact) mass is 298 g/mol. The molecule has 0 N–H and O–H groups in total. The van der Waals surface area contributed by atoms with Crippen molar-refractivity contribution in [2.75, 3.05) is 0 Å². The van der Waals surface area contributed by atoms with E-state index in [2.05, 4.69) is 41.9 Å². The summed E-state index contributed by atoms with van der Waals surface area (Å²) < 4.78 is 6.44. The van der Waals surface area contributed by atoms with Crippen LogP contribution in [-0.2, 0) is 0 Å². The minimum atomic E-state index is -0.221. The third-order valence-corrected chi connectivity index (χ3v) is 3.92. The maximum Gasteiger partial charge on any atom is 0.126 e. The van der Waals surface area contributed by atoms with Crippen molar-refractivity contribution < 1.29 is 4.42 Å². The number of hydrogen-bond acceptors (Lipinski definition) is 1. The second-order valence-corrected chi connectivity index (χ2v) is 5.13. The summed E-state index contributed by atoms with van der Waals surface area (Å²) in [5.74, 6) is 0.784. The third-order valence-electron chi connectivity index (χ3n) is 2.61. The number of rotatable bonds is 2. The van der Waals surface area contributed by atoms with Crippen molar-refractivity contribution in [2.45, 2.75) is 19.2 Å².